The molecule has 0 bridgehead atoms. The van der Waals surface area contributed by atoms with Gasteiger partial charge in [0.25, 0.3) is 0 Å². The van der Waals surface area contributed by atoms with E-state index in [-0.39, 0.29) is 0 Å². The Morgan fingerprint density at radius 2 is 2.28 bits per heavy atom. The van der Waals surface area contributed by atoms with Crippen molar-refractivity contribution in [3.63, 3.8) is 0 Å². The largest absolute Gasteiger partial charge is 0.496 e. The van der Waals surface area contributed by atoms with Gasteiger partial charge in [0, 0.05) is 24.7 Å². The minimum Gasteiger partial charge on any atom is -0.496 e. The van der Waals surface area contributed by atoms with Gasteiger partial charge in [0.05, 0.1) is 18.0 Å². The van der Waals surface area contributed by atoms with E-state index in [4.69, 9.17) is 4.74 Å². The van der Waals surface area contributed by atoms with Crippen LogP contribution >= 0.6 is 0 Å². The molecule has 0 radical (unpaired) electrons. The Kier molecular flexibility index (Phi) is 2.96. The van der Waals surface area contributed by atoms with Crippen molar-refractivity contribution in [1.82, 2.24) is 15.1 Å². The van der Waals surface area contributed by atoms with Crippen LogP contribution in [0.5, 0.6) is 5.75 Å². The highest BCUT2D eigenvalue weighted by molar-refractivity contribution is 5.87. The lowest BCUT2D eigenvalue weighted by Crippen LogP contribution is -2.23. The lowest BCUT2D eigenvalue weighted by atomic mass is 10.1. The number of likely N-dealkylation sites (N-methyl/N-ethyl adjacent to an activating group) is 1. The van der Waals surface area contributed by atoms with E-state index < -0.39 is 0 Å². The van der Waals surface area contributed by atoms with Gasteiger partial charge in [-0.15, -0.1) is 0 Å². The Morgan fingerprint density at radius 1 is 1.44 bits per heavy atom. The first-order chi connectivity index (χ1) is 8.79. The molecule has 96 valence electrons. The number of ether oxygens (including phenoxy) is 1. The van der Waals surface area contributed by atoms with Crippen LogP contribution in [0.3, 0.4) is 0 Å². The van der Waals surface area contributed by atoms with Gasteiger partial charge in [-0.3, -0.25) is 5.10 Å². The zero-order chi connectivity index (χ0) is 12.5. The molecule has 1 heterocycles. The molecule has 2 aromatic rings. The van der Waals surface area contributed by atoms with Crippen LogP contribution < -0.4 is 4.74 Å². The average molecular weight is 245 g/mol. The second-order valence-electron chi connectivity index (χ2n) is 5.02. The molecule has 0 atom stereocenters. The highest BCUT2D eigenvalue weighted by Gasteiger charge is 2.25. The van der Waals surface area contributed by atoms with Crippen molar-refractivity contribution in [2.45, 2.75) is 25.3 Å². The Hall–Kier alpha value is -1.55. The Labute approximate surface area is 107 Å². The molecule has 1 aromatic heterocycles. The highest BCUT2D eigenvalue weighted by Crippen LogP contribution is 2.28. The molecule has 1 aromatic carbocycles. The van der Waals surface area contributed by atoms with Crippen molar-refractivity contribution in [2.75, 3.05) is 20.7 Å². The van der Waals surface area contributed by atoms with Gasteiger partial charge in [0.15, 0.2) is 0 Å². The summed E-state index contributed by atoms with van der Waals surface area (Å²) in [6.07, 6.45) is 3.69. The molecule has 1 N–H and O–H groups in total. The zero-order valence-corrected chi connectivity index (χ0v) is 10.9. The minimum atomic E-state index is 0.807. The normalized spacial score (nSPS) is 15.5. The van der Waals surface area contributed by atoms with Crippen LogP contribution in [0, 0.1) is 0 Å². The molecule has 1 aliphatic rings. The summed E-state index contributed by atoms with van der Waals surface area (Å²) < 4.78 is 5.42. The molecule has 1 fully saturated rings. The predicted molar refractivity (Wildman–Crippen MR) is 72.0 cm³/mol. The number of fused-ring (bicyclic) bond motifs is 1. The fraction of sp³-hybridized carbons (Fsp3) is 0.500. The Morgan fingerprint density at radius 3 is 3.00 bits per heavy atom. The zero-order valence-electron chi connectivity index (χ0n) is 10.9. The SMILES string of the molecule is COc1cccc2n[nH]c(CCN(C)C3CC3)c12. The number of methoxy groups -OCH3 is 1. The first-order valence-electron chi connectivity index (χ1n) is 6.50. The van der Waals surface area contributed by atoms with Crippen LogP contribution in [0.25, 0.3) is 10.9 Å². The molecule has 18 heavy (non-hydrogen) atoms. The maximum Gasteiger partial charge on any atom is 0.130 e. The summed E-state index contributed by atoms with van der Waals surface area (Å²) in [5, 5.41) is 8.62. The third-order valence-corrected chi connectivity index (χ3v) is 3.72. The number of aromatic nitrogens is 2. The van der Waals surface area contributed by atoms with Crippen LogP contribution in [0.2, 0.25) is 0 Å². The number of benzene rings is 1. The number of nitrogens with one attached hydrogen (secondary N) is 1. The molecule has 0 spiro atoms. The van der Waals surface area contributed by atoms with Crippen LogP contribution in [0.15, 0.2) is 18.2 Å². The highest BCUT2D eigenvalue weighted by atomic mass is 16.5. The second kappa shape index (κ2) is 4.61. The summed E-state index contributed by atoms with van der Waals surface area (Å²) in [5.41, 5.74) is 2.16. The van der Waals surface area contributed by atoms with Gasteiger partial charge in [0.2, 0.25) is 0 Å². The first kappa shape index (κ1) is 11.5. The Bertz CT molecular complexity index is 545. The topological polar surface area (TPSA) is 41.1 Å². The molecule has 1 aliphatic carbocycles. The summed E-state index contributed by atoms with van der Waals surface area (Å²) >= 11 is 0. The molecule has 3 rings (SSSR count). The monoisotopic (exact) mass is 245 g/mol. The number of hydrogen-bond acceptors (Lipinski definition) is 3. The number of hydrogen-bond donors (Lipinski definition) is 1. The quantitative estimate of drug-likeness (QED) is 0.878. The fourth-order valence-corrected chi connectivity index (χ4v) is 2.44. The summed E-state index contributed by atoms with van der Waals surface area (Å²) in [4.78, 5) is 2.43. The van der Waals surface area contributed by atoms with Crippen LogP contribution in [-0.2, 0) is 6.42 Å². The van der Waals surface area contributed by atoms with Gasteiger partial charge in [0.1, 0.15) is 5.75 Å². The molecule has 4 heteroatoms. The van der Waals surface area contributed by atoms with E-state index in [9.17, 15) is 0 Å². The van der Waals surface area contributed by atoms with E-state index in [1.807, 2.05) is 18.2 Å². The number of rotatable bonds is 5. The van der Waals surface area contributed by atoms with Gasteiger partial charge in [-0.1, -0.05) is 6.07 Å². The fourth-order valence-electron chi connectivity index (χ4n) is 2.44. The molecular weight excluding hydrogens is 226 g/mol. The van der Waals surface area contributed by atoms with Gasteiger partial charge < -0.3 is 9.64 Å². The van der Waals surface area contributed by atoms with Gasteiger partial charge >= 0.3 is 0 Å². The Balaban J connectivity index is 1.82. The van der Waals surface area contributed by atoms with Crippen molar-refractivity contribution < 1.29 is 4.74 Å². The van der Waals surface area contributed by atoms with Gasteiger partial charge in [-0.05, 0) is 32.0 Å². The van der Waals surface area contributed by atoms with Crippen LogP contribution in [-0.4, -0.2) is 41.8 Å². The van der Waals surface area contributed by atoms with Crippen molar-refractivity contribution in [1.29, 1.82) is 0 Å². The smallest absolute Gasteiger partial charge is 0.130 e. The first-order valence-corrected chi connectivity index (χ1v) is 6.50. The molecule has 0 unspecified atom stereocenters. The number of aromatic amines is 1. The molecule has 1 saturated carbocycles. The molecule has 4 nitrogen and oxygen atoms in total. The maximum atomic E-state index is 5.42. The van der Waals surface area contributed by atoms with Crippen LogP contribution in [0.1, 0.15) is 18.5 Å². The molecule has 0 aliphatic heterocycles. The average Bonchev–Trinajstić information content (AvgIpc) is 3.16. The van der Waals surface area contributed by atoms with E-state index in [1.165, 1.54) is 18.5 Å². The number of nitrogens with zero attached hydrogens (tertiary/aromatic N) is 2. The summed E-state index contributed by atoms with van der Waals surface area (Å²) in [7, 11) is 3.91. The van der Waals surface area contributed by atoms with E-state index in [1.54, 1.807) is 7.11 Å². The number of H-pyrrole nitrogens is 1. The molecule has 0 amide bonds. The van der Waals surface area contributed by atoms with Gasteiger partial charge in [-0.25, -0.2) is 0 Å². The lowest BCUT2D eigenvalue weighted by Gasteiger charge is -2.14. The lowest BCUT2D eigenvalue weighted by molar-refractivity contribution is 0.327. The minimum absolute atomic E-state index is 0.807. The van der Waals surface area contributed by atoms with Crippen LogP contribution in [0.4, 0.5) is 0 Å². The molecule has 0 saturated heterocycles. The van der Waals surface area contributed by atoms with Crippen molar-refractivity contribution in [3.8, 4) is 5.75 Å². The third-order valence-electron chi connectivity index (χ3n) is 3.72. The predicted octanol–water partition coefficient (Wildman–Crippen LogP) is 2.21. The van der Waals surface area contributed by atoms with E-state index in [0.29, 0.717) is 0 Å². The maximum absolute atomic E-state index is 5.42. The van der Waals surface area contributed by atoms with E-state index in [0.717, 1.165) is 35.7 Å². The third kappa shape index (κ3) is 2.08. The summed E-state index contributed by atoms with van der Waals surface area (Å²) in [6.45, 7) is 1.07. The standard InChI is InChI=1S/C14H19N3O/c1-17(10-6-7-10)9-8-12-14-11(15-16-12)4-3-5-13(14)18-2/h3-5,10H,6-9H2,1-2H3,(H,15,16). The summed E-state index contributed by atoms with van der Waals surface area (Å²) in [5.74, 6) is 0.908. The van der Waals surface area contributed by atoms with Crippen molar-refractivity contribution >= 4 is 10.9 Å². The van der Waals surface area contributed by atoms with E-state index in [2.05, 4.69) is 22.1 Å². The van der Waals surface area contributed by atoms with Gasteiger partial charge in [-0.2, -0.15) is 5.10 Å². The van der Waals surface area contributed by atoms with E-state index >= 15 is 0 Å². The van der Waals surface area contributed by atoms with Crippen molar-refractivity contribution in [2.24, 2.45) is 0 Å². The second-order valence-corrected chi connectivity index (χ2v) is 5.02. The summed E-state index contributed by atoms with van der Waals surface area (Å²) in [6, 6.07) is 6.79. The van der Waals surface area contributed by atoms with Crippen molar-refractivity contribution in [3.05, 3.63) is 23.9 Å². The molecular formula is C14H19N3O.